The molecule has 2 heterocycles. The van der Waals surface area contributed by atoms with Crippen LogP contribution in [0.1, 0.15) is 36.7 Å². The number of aromatic nitrogens is 3. The summed E-state index contributed by atoms with van der Waals surface area (Å²) in [5.74, 6) is 0.824. The summed E-state index contributed by atoms with van der Waals surface area (Å²) >= 11 is 0. The zero-order valence-electron chi connectivity index (χ0n) is 16.4. The summed E-state index contributed by atoms with van der Waals surface area (Å²) in [6, 6.07) is 11.1. The van der Waals surface area contributed by atoms with Gasteiger partial charge in [0, 0.05) is 31.0 Å². The van der Waals surface area contributed by atoms with Crippen molar-refractivity contribution < 1.29 is 10.2 Å². The first-order chi connectivity index (χ1) is 14.0. The van der Waals surface area contributed by atoms with Gasteiger partial charge in [0.2, 0.25) is 0 Å². The Morgan fingerprint density at radius 3 is 2.38 bits per heavy atom. The van der Waals surface area contributed by atoms with Gasteiger partial charge in [0.05, 0.1) is 11.0 Å². The number of aromatic hydroxyl groups is 2. The smallest absolute Gasteiger partial charge is 0.159 e. The topological polar surface area (TPSA) is 123 Å². The molecule has 7 nitrogen and oxygen atoms in total. The molecule has 0 bridgehead atoms. The Kier molecular flexibility index (Phi) is 4.98. The third-order valence-electron chi connectivity index (χ3n) is 5.23. The van der Waals surface area contributed by atoms with Gasteiger partial charge in [0.1, 0.15) is 11.3 Å². The van der Waals surface area contributed by atoms with Crippen LogP contribution in [0.5, 0.6) is 11.5 Å². The molecule has 29 heavy (non-hydrogen) atoms. The van der Waals surface area contributed by atoms with Crippen LogP contribution in [0.25, 0.3) is 21.9 Å². The Balaban J connectivity index is 1.95. The summed E-state index contributed by atoms with van der Waals surface area (Å²) in [5.41, 5.74) is 16.1. The molecule has 0 spiro atoms. The highest BCUT2D eigenvalue weighted by Crippen LogP contribution is 2.36. The molecule has 0 atom stereocenters. The van der Waals surface area contributed by atoms with Crippen LogP contribution in [-0.2, 0) is 19.5 Å². The molecule has 0 amide bonds. The van der Waals surface area contributed by atoms with Gasteiger partial charge in [0.15, 0.2) is 17.3 Å². The average molecular weight is 391 g/mol. The number of nitrogens with two attached hydrogens (primary N) is 2. The average Bonchev–Trinajstić information content (AvgIpc) is 3.08. The van der Waals surface area contributed by atoms with Crippen molar-refractivity contribution in [1.29, 1.82) is 0 Å². The van der Waals surface area contributed by atoms with E-state index in [9.17, 15) is 10.2 Å². The summed E-state index contributed by atoms with van der Waals surface area (Å²) < 4.78 is 2.14. The summed E-state index contributed by atoms with van der Waals surface area (Å²) in [5, 5.41) is 20.7. The lowest BCUT2D eigenvalue weighted by Crippen LogP contribution is -2.06. The lowest BCUT2D eigenvalue weighted by atomic mass is 10.1. The van der Waals surface area contributed by atoms with Crippen LogP contribution in [-0.4, -0.2) is 24.7 Å². The zero-order chi connectivity index (χ0) is 20.5. The molecule has 4 rings (SSSR count). The molecule has 0 aliphatic heterocycles. The maximum absolute atomic E-state index is 10.1. The van der Waals surface area contributed by atoms with Gasteiger partial charge in [-0.2, -0.15) is 0 Å². The second-order valence-electron chi connectivity index (χ2n) is 7.29. The van der Waals surface area contributed by atoms with E-state index in [1.54, 1.807) is 0 Å². The van der Waals surface area contributed by atoms with E-state index in [-0.39, 0.29) is 11.5 Å². The lowest BCUT2D eigenvalue weighted by molar-refractivity contribution is 0.405. The first-order valence-electron chi connectivity index (χ1n) is 9.80. The van der Waals surface area contributed by atoms with Crippen molar-refractivity contribution in [1.82, 2.24) is 14.5 Å². The number of imidazole rings is 1. The first-order valence-corrected chi connectivity index (χ1v) is 9.80. The van der Waals surface area contributed by atoms with Crippen molar-refractivity contribution in [2.75, 3.05) is 5.73 Å². The van der Waals surface area contributed by atoms with E-state index in [0.717, 1.165) is 41.7 Å². The van der Waals surface area contributed by atoms with E-state index in [4.69, 9.17) is 16.5 Å². The highest BCUT2D eigenvalue weighted by Gasteiger charge is 2.19. The van der Waals surface area contributed by atoms with Crippen molar-refractivity contribution >= 4 is 27.8 Å². The molecule has 0 radical (unpaired) electrons. The van der Waals surface area contributed by atoms with Gasteiger partial charge >= 0.3 is 0 Å². The molecular formula is C22H25N5O2. The van der Waals surface area contributed by atoms with E-state index in [2.05, 4.69) is 28.6 Å². The van der Waals surface area contributed by atoms with Gasteiger partial charge in [0.25, 0.3) is 0 Å². The van der Waals surface area contributed by atoms with Crippen LogP contribution in [0.3, 0.4) is 0 Å². The minimum Gasteiger partial charge on any atom is -0.504 e. The minimum absolute atomic E-state index is 0.194. The number of benzene rings is 2. The number of rotatable bonds is 6. The molecule has 0 saturated heterocycles. The Hall–Kier alpha value is -3.32. The largest absolute Gasteiger partial charge is 0.504 e. The summed E-state index contributed by atoms with van der Waals surface area (Å²) in [6.07, 6.45) is 2.88. The highest BCUT2D eigenvalue weighted by atomic mass is 16.3. The zero-order valence-corrected chi connectivity index (χ0v) is 16.4. The second kappa shape index (κ2) is 7.60. The van der Waals surface area contributed by atoms with Crippen molar-refractivity contribution in [2.45, 2.75) is 39.3 Å². The molecule has 7 heteroatoms. The number of hydrogen-bond donors (Lipinski definition) is 4. The Labute approximate surface area is 168 Å². The van der Waals surface area contributed by atoms with Crippen molar-refractivity contribution in [3.05, 3.63) is 53.3 Å². The number of hydrogen-bond acceptors (Lipinski definition) is 6. The van der Waals surface area contributed by atoms with Crippen molar-refractivity contribution in [3.63, 3.8) is 0 Å². The van der Waals surface area contributed by atoms with E-state index in [0.29, 0.717) is 35.3 Å². The fourth-order valence-electron chi connectivity index (χ4n) is 3.64. The quantitative estimate of drug-likeness (QED) is 0.373. The molecule has 2 aromatic carbocycles. The standard InChI is InChI=1S/C22H25N5O2/c1-2-3-4-19-26-20-21(27(19)12-14-7-5-13(11-23)6-8-14)15-9-17(28)18(29)10-16(15)25-22(20)24/h5-10,28-29H,2-4,11-12,23H2,1H3,(H2,24,25). The Bertz CT molecular complexity index is 1180. The molecule has 0 aliphatic carbocycles. The third kappa shape index (κ3) is 3.45. The number of nitrogen functional groups attached to an aromatic ring is 1. The van der Waals surface area contributed by atoms with Crippen LogP contribution in [0.15, 0.2) is 36.4 Å². The maximum Gasteiger partial charge on any atom is 0.159 e. The SMILES string of the molecule is CCCCc1nc2c(N)nc3cc(O)c(O)cc3c2n1Cc1ccc(CN)cc1. The van der Waals surface area contributed by atoms with Crippen LogP contribution < -0.4 is 11.5 Å². The molecule has 0 unspecified atom stereocenters. The predicted octanol–water partition coefficient (Wildman–Crippen LogP) is 3.43. The third-order valence-corrected chi connectivity index (χ3v) is 5.23. The van der Waals surface area contributed by atoms with Gasteiger partial charge in [-0.05, 0) is 23.6 Å². The molecule has 150 valence electrons. The highest BCUT2D eigenvalue weighted by molar-refractivity contribution is 6.07. The van der Waals surface area contributed by atoms with Crippen LogP contribution in [0, 0.1) is 0 Å². The van der Waals surface area contributed by atoms with Crippen molar-refractivity contribution in [2.24, 2.45) is 5.73 Å². The number of fused-ring (bicyclic) bond motifs is 3. The summed E-state index contributed by atoms with van der Waals surface area (Å²) in [7, 11) is 0. The number of phenolic OH excluding ortho intramolecular Hbond substituents is 2. The number of aryl methyl sites for hydroxylation is 1. The second-order valence-corrected chi connectivity index (χ2v) is 7.29. The Morgan fingerprint density at radius 1 is 1.00 bits per heavy atom. The molecule has 0 saturated carbocycles. The fraction of sp³-hybridized carbons (Fsp3) is 0.273. The van der Waals surface area contributed by atoms with Gasteiger partial charge in [-0.15, -0.1) is 0 Å². The summed E-state index contributed by atoms with van der Waals surface area (Å²) in [4.78, 5) is 9.18. The number of unbranched alkanes of at least 4 members (excludes halogenated alkanes) is 1. The Morgan fingerprint density at radius 2 is 1.69 bits per heavy atom. The maximum atomic E-state index is 10.1. The van der Waals surface area contributed by atoms with Gasteiger partial charge < -0.3 is 26.2 Å². The van der Waals surface area contributed by atoms with E-state index in [1.165, 1.54) is 12.1 Å². The number of nitrogens with zero attached hydrogens (tertiary/aromatic N) is 3. The van der Waals surface area contributed by atoms with Gasteiger partial charge in [-0.1, -0.05) is 37.6 Å². The van der Waals surface area contributed by atoms with E-state index in [1.807, 2.05) is 12.1 Å². The fourth-order valence-corrected chi connectivity index (χ4v) is 3.64. The molecule has 0 aliphatic rings. The number of phenols is 2. The van der Waals surface area contributed by atoms with E-state index < -0.39 is 0 Å². The minimum atomic E-state index is -0.224. The molecule has 2 aromatic heterocycles. The first kappa shape index (κ1) is 19.0. The molecular weight excluding hydrogens is 366 g/mol. The van der Waals surface area contributed by atoms with E-state index >= 15 is 0 Å². The number of pyridine rings is 1. The molecule has 0 fully saturated rings. The van der Waals surface area contributed by atoms with Gasteiger partial charge in [-0.25, -0.2) is 9.97 Å². The van der Waals surface area contributed by atoms with Crippen LogP contribution >= 0.6 is 0 Å². The van der Waals surface area contributed by atoms with Gasteiger partial charge in [-0.3, -0.25) is 0 Å². The molecule has 4 aromatic rings. The molecule has 6 N–H and O–H groups in total. The predicted molar refractivity (Wildman–Crippen MR) is 115 cm³/mol. The van der Waals surface area contributed by atoms with Crippen molar-refractivity contribution in [3.8, 4) is 11.5 Å². The number of anilines is 1. The lowest BCUT2D eigenvalue weighted by Gasteiger charge is -2.12. The van der Waals surface area contributed by atoms with Crippen LogP contribution in [0.2, 0.25) is 0 Å². The monoisotopic (exact) mass is 391 g/mol. The van der Waals surface area contributed by atoms with Crippen LogP contribution in [0.4, 0.5) is 5.82 Å². The normalized spacial score (nSPS) is 11.5. The summed E-state index contributed by atoms with van der Waals surface area (Å²) in [6.45, 7) is 3.26.